The van der Waals surface area contributed by atoms with Crippen LogP contribution in [0.25, 0.3) is 0 Å². The summed E-state index contributed by atoms with van der Waals surface area (Å²) in [5.74, 6) is -1.93. The first-order valence-electron chi connectivity index (χ1n) is 1.83. The Labute approximate surface area is 56.4 Å². The van der Waals surface area contributed by atoms with Crippen molar-refractivity contribution in [2.75, 3.05) is 0 Å². The second-order valence-electron chi connectivity index (χ2n) is 1.07. The molecule has 0 radical (unpaired) electrons. The maximum Gasteiger partial charge on any atom is 0.328 e. The van der Waals surface area contributed by atoms with Crippen LogP contribution in [0.5, 0.6) is 0 Å². The summed E-state index contributed by atoms with van der Waals surface area (Å²) in [4.78, 5) is 19.4. The van der Waals surface area contributed by atoms with Crippen LogP contribution < -0.4 is 5.73 Å². The number of primary amides is 1. The zero-order chi connectivity index (χ0) is 6.57. The van der Waals surface area contributed by atoms with Crippen LogP contribution in [0.15, 0.2) is 12.2 Å². The number of carbonyl (C=O) groups excluding carboxylic acids is 1. The molecule has 0 saturated heterocycles. The number of carbonyl (C=O) groups is 2. The van der Waals surface area contributed by atoms with E-state index >= 15 is 0 Å². The number of aliphatic carboxylic acids is 1. The van der Waals surface area contributed by atoms with Gasteiger partial charge in [-0.05, 0) is 11.0 Å². The molecule has 0 rings (SSSR count). The largest absolute Gasteiger partial charge is 0.478 e. The minimum absolute atomic E-state index is 0. The number of rotatable bonds is 2. The first-order valence-corrected chi connectivity index (χ1v) is 1.83. The molecular formula is C4H9NO3Si. The summed E-state index contributed by atoms with van der Waals surface area (Å²) >= 11 is 0. The zero-order valence-corrected chi connectivity index (χ0v) is 4.00. The van der Waals surface area contributed by atoms with E-state index in [1.807, 2.05) is 0 Å². The number of hydrogen-bond acceptors (Lipinski definition) is 2. The van der Waals surface area contributed by atoms with E-state index in [0.717, 1.165) is 6.08 Å². The molecule has 0 unspecified atom stereocenters. The van der Waals surface area contributed by atoms with E-state index in [4.69, 9.17) is 5.11 Å². The van der Waals surface area contributed by atoms with Crippen molar-refractivity contribution >= 4 is 22.8 Å². The van der Waals surface area contributed by atoms with Gasteiger partial charge in [0.25, 0.3) is 0 Å². The smallest absolute Gasteiger partial charge is 0.328 e. The standard InChI is InChI=1S/C4H5NO3.H4Si/c5-3(6)1-2-4(7)8;/h1-2H,(H2,5,6)(H,7,8);1H4. The molecule has 0 aliphatic rings. The average molecular weight is 147 g/mol. The lowest BCUT2D eigenvalue weighted by atomic mass is 10.5. The van der Waals surface area contributed by atoms with Crippen molar-refractivity contribution in [2.24, 2.45) is 5.73 Å². The number of carboxylic acids is 1. The lowest BCUT2D eigenvalue weighted by molar-refractivity contribution is -0.131. The summed E-state index contributed by atoms with van der Waals surface area (Å²) in [5, 5.41) is 7.87. The van der Waals surface area contributed by atoms with E-state index in [-0.39, 0.29) is 11.0 Å². The second-order valence-corrected chi connectivity index (χ2v) is 1.07. The van der Waals surface area contributed by atoms with Gasteiger partial charge in [0.1, 0.15) is 0 Å². The molecule has 9 heavy (non-hydrogen) atoms. The van der Waals surface area contributed by atoms with Crippen LogP contribution >= 0.6 is 0 Å². The summed E-state index contributed by atoms with van der Waals surface area (Å²) in [6.07, 6.45) is 1.46. The van der Waals surface area contributed by atoms with E-state index in [2.05, 4.69) is 5.73 Å². The van der Waals surface area contributed by atoms with Crippen LogP contribution in [0.3, 0.4) is 0 Å². The molecule has 0 saturated carbocycles. The highest BCUT2D eigenvalue weighted by Crippen LogP contribution is 1.68. The van der Waals surface area contributed by atoms with Crippen molar-refractivity contribution in [1.82, 2.24) is 0 Å². The molecule has 1 amide bonds. The zero-order valence-electron chi connectivity index (χ0n) is 4.00. The van der Waals surface area contributed by atoms with Gasteiger partial charge in [-0.15, -0.1) is 0 Å². The van der Waals surface area contributed by atoms with E-state index in [0.29, 0.717) is 6.08 Å². The highest BCUT2D eigenvalue weighted by atomic mass is 28.1. The molecule has 4 nitrogen and oxygen atoms in total. The quantitative estimate of drug-likeness (QED) is 0.339. The Bertz CT molecular complexity index is 127. The van der Waals surface area contributed by atoms with E-state index in [1.165, 1.54) is 0 Å². The molecule has 0 atom stereocenters. The Balaban J connectivity index is 0. The van der Waals surface area contributed by atoms with Crippen LogP contribution in [0.2, 0.25) is 0 Å². The minimum atomic E-state index is -1.18. The van der Waals surface area contributed by atoms with Gasteiger partial charge in [-0.2, -0.15) is 0 Å². The first-order chi connectivity index (χ1) is 3.63. The molecule has 0 fully saturated rings. The van der Waals surface area contributed by atoms with Gasteiger partial charge in [0.15, 0.2) is 0 Å². The van der Waals surface area contributed by atoms with E-state index in [9.17, 15) is 9.59 Å². The summed E-state index contributed by atoms with van der Waals surface area (Å²) in [6.45, 7) is 0. The molecule has 3 N–H and O–H groups in total. The molecular weight excluding hydrogens is 138 g/mol. The normalized spacial score (nSPS) is 8.44. The average Bonchev–Trinajstić information content (AvgIpc) is 1.61. The van der Waals surface area contributed by atoms with Gasteiger partial charge in [0, 0.05) is 12.2 Å². The highest BCUT2D eigenvalue weighted by molar-refractivity contribution is 5.92. The summed E-state index contributed by atoms with van der Waals surface area (Å²) in [6, 6.07) is 0. The van der Waals surface area contributed by atoms with E-state index in [1.54, 1.807) is 0 Å². The lowest BCUT2D eigenvalue weighted by Gasteiger charge is -1.75. The molecule has 5 heteroatoms. The minimum Gasteiger partial charge on any atom is -0.478 e. The summed E-state index contributed by atoms with van der Waals surface area (Å²) in [5.41, 5.74) is 4.55. The molecule has 0 aliphatic carbocycles. The molecule has 0 aromatic rings. The summed E-state index contributed by atoms with van der Waals surface area (Å²) in [7, 11) is 0. The fourth-order valence-electron chi connectivity index (χ4n) is 0.153. The van der Waals surface area contributed by atoms with Gasteiger partial charge >= 0.3 is 5.97 Å². The fourth-order valence-corrected chi connectivity index (χ4v) is 0.153. The molecule has 0 aromatic carbocycles. The molecule has 0 aromatic heterocycles. The molecule has 0 aliphatic heterocycles. The van der Waals surface area contributed by atoms with Gasteiger partial charge in [0.2, 0.25) is 5.91 Å². The summed E-state index contributed by atoms with van der Waals surface area (Å²) < 4.78 is 0. The third kappa shape index (κ3) is 10.9. The topological polar surface area (TPSA) is 80.4 Å². The van der Waals surface area contributed by atoms with Crippen molar-refractivity contribution in [3.05, 3.63) is 12.2 Å². The molecule has 52 valence electrons. The second kappa shape index (κ2) is 5.04. The molecule has 0 spiro atoms. The Morgan fingerprint density at radius 2 is 1.78 bits per heavy atom. The predicted octanol–water partition coefficient (Wildman–Crippen LogP) is -2.34. The van der Waals surface area contributed by atoms with Gasteiger partial charge in [0.05, 0.1) is 0 Å². The molecule has 0 heterocycles. The van der Waals surface area contributed by atoms with Crippen molar-refractivity contribution < 1.29 is 14.7 Å². The van der Waals surface area contributed by atoms with Gasteiger partial charge < -0.3 is 10.8 Å². The molecule has 0 bridgehead atoms. The Morgan fingerprint density at radius 3 is 1.89 bits per heavy atom. The Morgan fingerprint density at radius 1 is 1.33 bits per heavy atom. The van der Waals surface area contributed by atoms with Gasteiger partial charge in [-0.3, -0.25) is 4.79 Å². The van der Waals surface area contributed by atoms with Crippen LogP contribution in [0.4, 0.5) is 0 Å². The first kappa shape index (κ1) is 10.8. The van der Waals surface area contributed by atoms with Crippen LogP contribution in [-0.4, -0.2) is 27.9 Å². The van der Waals surface area contributed by atoms with Gasteiger partial charge in [-0.1, -0.05) is 0 Å². The third-order valence-corrected chi connectivity index (χ3v) is 0.390. The van der Waals surface area contributed by atoms with Gasteiger partial charge in [-0.25, -0.2) is 4.79 Å². The van der Waals surface area contributed by atoms with Crippen molar-refractivity contribution in [3.8, 4) is 0 Å². The highest BCUT2D eigenvalue weighted by Gasteiger charge is 1.86. The van der Waals surface area contributed by atoms with E-state index < -0.39 is 11.9 Å². The number of hydrogen-bond donors (Lipinski definition) is 2. The van der Waals surface area contributed by atoms with Crippen molar-refractivity contribution in [2.45, 2.75) is 0 Å². The maximum absolute atomic E-state index is 9.78. The SMILES string of the molecule is NC(=O)C=CC(=O)O.[SiH4]. The van der Waals surface area contributed by atoms with Crippen molar-refractivity contribution in [3.63, 3.8) is 0 Å². The monoisotopic (exact) mass is 147 g/mol. The number of amides is 1. The van der Waals surface area contributed by atoms with Crippen LogP contribution in [0.1, 0.15) is 0 Å². The fraction of sp³-hybridized carbons (Fsp3) is 0. The van der Waals surface area contributed by atoms with Crippen LogP contribution in [-0.2, 0) is 9.59 Å². The number of carboxylic acid groups (broad SMARTS) is 1. The maximum atomic E-state index is 9.78. The lowest BCUT2D eigenvalue weighted by Crippen LogP contribution is -2.06. The van der Waals surface area contributed by atoms with Crippen LogP contribution in [0, 0.1) is 0 Å². The third-order valence-electron chi connectivity index (χ3n) is 0.390. The predicted molar refractivity (Wildman–Crippen MR) is 37.3 cm³/mol. The Hall–Kier alpha value is -1.10. The Kier molecular flexibility index (Phi) is 6.05. The van der Waals surface area contributed by atoms with Crippen molar-refractivity contribution in [1.29, 1.82) is 0 Å². The number of nitrogens with two attached hydrogens (primary N) is 1.